The van der Waals surface area contributed by atoms with Crippen LogP contribution in [-0.4, -0.2) is 35.9 Å². The summed E-state index contributed by atoms with van der Waals surface area (Å²) in [5, 5.41) is 2.66. The van der Waals surface area contributed by atoms with E-state index in [4.69, 9.17) is 9.47 Å². The minimum absolute atomic E-state index is 0.138. The number of benzene rings is 1. The largest absolute Gasteiger partial charge is 0.497 e. The number of Topliss-reactive ketones (excluding diaryl/α,β-unsaturated/α-hetero) is 1. The van der Waals surface area contributed by atoms with Gasteiger partial charge in [0.2, 0.25) is 0 Å². The second-order valence-electron chi connectivity index (χ2n) is 5.95. The molecule has 138 valence electrons. The van der Waals surface area contributed by atoms with Crippen molar-refractivity contribution in [2.75, 3.05) is 12.4 Å². The number of anilines is 1. The number of amides is 1. The molecule has 2 aromatic rings. The van der Waals surface area contributed by atoms with Gasteiger partial charge in [-0.05, 0) is 57.5 Å². The number of H-pyrrole nitrogens is 1. The van der Waals surface area contributed by atoms with Crippen LogP contribution >= 0.6 is 0 Å². The maximum atomic E-state index is 12.3. The highest BCUT2D eigenvalue weighted by Crippen LogP contribution is 2.20. The minimum Gasteiger partial charge on any atom is -0.497 e. The molecule has 0 spiro atoms. The van der Waals surface area contributed by atoms with Crippen LogP contribution in [0.5, 0.6) is 5.75 Å². The van der Waals surface area contributed by atoms with Gasteiger partial charge >= 0.3 is 5.97 Å². The molecule has 7 heteroatoms. The SMILES string of the molecule is COc1ccc(NC(=O)[C@H](C)OC(=O)c2[nH]c(C)c(C(C)=O)c2C)cc1. The smallest absolute Gasteiger partial charge is 0.355 e. The molecule has 0 aliphatic rings. The Labute approximate surface area is 151 Å². The van der Waals surface area contributed by atoms with E-state index in [1.54, 1.807) is 45.2 Å². The van der Waals surface area contributed by atoms with Gasteiger partial charge in [0.15, 0.2) is 11.9 Å². The summed E-state index contributed by atoms with van der Waals surface area (Å²) in [6, 6.07) is 6.78. The zero-order chi connectivity index (χ0) is 19.4. The zero-order valence-corrected chi connectivity index (χ0v) is 15.4. The number of aromatic amines is 1. The number of methoxy groups -OCH3 is 1. The summed E-state index contributed by atoms with van der Waals surface area (Å²) in [6.45, 7) is 6.29. The highest BCUT2D eigenvalue weighted by atomic mass is 16.5. The number of rotatable bonds is 6. The molecule has 2 N–H and O–H groups in total. The molecule has 0 saturated carbocycles. The number of carbonyl (C=O) groups is 3. The molecule has 26 heavy (non-hydrogen) atoms. The Balaban J connectivity index is 2.05. The van der Waals surface area contributed by atoms with Gasteiger partial charge in [-0.15, -0.1) is 0 Å². The molecular formula is C19H22N2O5. The van der Waals surface area contributed by atoms with Crippen LogP contribution in [0.25, 0.3) is 0 Å². The lowest BCUT2D eigenvalue weighted by Crippen LogP contribution is -2.30. The van der Waals surface area contributed by atoms with Crippen molar-refractivity contribution in [2.24, 2.45) is 0 Å². The summed E-state index contributed by atoms with van der Waals surface area (Å²) in [5.41, 5.74) is 2.31. The van der Waals surface area contributed by atoms with E-state index in [1.807, 2.05) is 0 Å². The van der Waals surface area contributed by atoms with Crippen molar-refractivity contribution in [1.82, 2.24) is 4.98 Å². The van der Waals surface area contributed by atoms with Gasteiger partial charge in [0.05, 0.1) is 7.11 Å². The Morgan fingerprint density at radius 2 is 1.73 bits per heavy atom. The van der Waals surface area contributed by atoms with Gasteiger partial charge in [0.1, 0.15) is 11.4 Å². The summed E-state index contributed by atoms with van der Waals surface area (Å²) < 4.78 is 10.3. The fraction of sp³-hybridized carbons (Fsp3) is 0.316. The van der Waals surface area contributed by atoms with Gasteiger partial charge in [-0.3, -0.25) is 9.59 Å². The fourth-order valence-electron chi connectivity index (χ4n) is 2.67. The molecule has 0 radical (unpaired) electrons. The highest BCUT2D eigenvalue weighted by Gasteiger charge is 2.24. The lowest BCUT2D eigenvalue weighted by molar-refractivity contribution is -0.123. The standard InChI is InChI=1S/C19H22N2O5/c1-10-16(12(3)22)11(2)20-17(10)19(24)26-13(4)18(23)21-14-6-8-15(25-5)9-7-14/h6-9,13,20H,1-5H3,(H,21,23)/t13-/m0/s1. The van der Waals surface area contributed by atoms with Gasteiger partial charge < -0.3 is 19.8 Å². The normalized spacial score (nSPS) is 11.6. The molecular weight excluding hydrogens is 336 g/mol. The number of hydrogen-bond acceptors (Lipinski definition) is 5. The van der Waals surface area contributed by atoms with Crippen molar-refractivity contribution in [3.8, 4) is 5.75 Å². The van der Waals surface area contributed by atoms with E-state index in [0.717, 1.165) is 0 Å². The van der Waals surface area contributed by atoms with Crippen molar-refractivity contribution in [1.29, 1.82) is 0 Å². The quantitative estimate of drug-likeness (QED) is 0.611. The van der Waals surface area contributed by atoms with Crippen LogP contribution in [0.1, 0.15) is 46.0 Å². The van der Waals surface area contributed by atoms with E-state index in [2.05, 4.69) is 10.3 Å². The molecule has 0 aliphatic heterocycles. The number of esters is 1. The average molecular weight is 358 g/mol. The summed E-state index contributed by atoms with van der Waals surface area (Å²) >= 11 is 0. The van der Waals surface area contributed by atoms with Crippen LogP contribution in [0, 0.1) is 13.8 Å². The predicted octanol–water partition coefficient (Wildman–Crippen LogP) is 3.03. The molecule has 0 bridgehead atoms. The van der Waals surface area contributed by atoms with E-state index in [0.29, 0.717) is 28.3 Å². The Hall–Kier alpha value is -3.09. The number of ether oxygens (including phenoxy) is 2. The van der Waals surface area contributed by atoms with E-state index in [9.17, 15) is 14.4 Å². The molecule has 1 aromatic carbocycles. The van der Waals surface area contributed by atoms with Crippen molar-refractivity contribution in [2.45, 2.75) is 33.8 Å². The van der Waals surface area contributed by atoms with Crippen LogP contribution in [0.3, 0.4) is 0 Å². The van der Waals surface area contributed by atoms with Crippen LogP contribution < -0.4 is 10.1 Å². The van der Waals surface area contributed by atoms with Crippen molar-refractivity contribution >= 4 is 23.3 Å². The predicted molar refractivity (Wildman–Crippen MR) is 96.8 cm³/mol. The molecule has 0 saturated heterocycles. The van der Waals surface area contributed by atoms with Gasteiger partial charge in [0, 0.05) is 16.9 Å². The maximum Gasteiger partial charge on any atom is 0.355 e. The second kappa shape index (κ2) is 7.86. The third-order valence-electron chi connectivity index (χ3n) is 4.00. The third kappa shape index (κ3) is 4.11. The number of aromatic nitrogens is 1. The van der Waals surface area contributed by atoms with E-state index in [-0.39, 0.29) is 11.5 Å². The van der Waals surface area contributed by atoms with Crippen molar-refractivity contribution in [3.63, 3.8) is 0 Å². The molecule has 0 unspecified atom stereocenters. The van der Waals surface area contributed by atoms with E-state index < -0.39 is 18.0 Å². The minimum atomic E-state index is -1.01. The lowest BCUT2D eigenvalue weighted by Gasteiger charge is -2.13. The molecule has 1 atom stereocenters. The lowest BCUT2D eigenvalue weighted by atomic mass is 10.1. The number of aryl methyl sites for hydroxylation is 1. The Bertz CT molecular complexity index is 836. The van der Waals surface area contributed by atoms with Gasteiger partial charge in [-0.25, -0.2) is 4.79 Å². The first-order chi connectivity index (χ1) is 12.2. The molecule has 7 nitrogen and oxygen atoms in total. The maximum absolute atomic E-state index is 12.3. The van der Waals surface area contributed by atoms with Crippen LogP contribution in [0.4, 0.5) is 5.69 Å². The summed E-state index contributed by atoms with van der Waals surface area (Å²) in [6.07, 6.45) is -1.01. The molecule has 2 rings (SSSR count). The molecule has 1 aromatic heterocycles. The van der Waals surface area contributed by atoms with Gasteiger partial charge in [-0.1, -0.05) is 0 Å². The monoisotopic (exact) mass is 358 g/mol. The first-order valence-electron chi connectivity index (χ1n) is 8.10. The average Bonchev–Trinajstić information content (AvgIpc) is 2.90. The number of hydrogen-bond donors (Lipinski definition) is 2. The number of ketones is 1. The summed E-state index contributed by atoms with van der Waals surface area (Å²) in [5.74, 6) is -0.617. The fourth-order valence-corrected chi connectivity index (χ4v) is 2.67. The van der Waals surface area contributed by atoms with Gasteiger partial charge in [0.25, 0.3) is 5.91 Å². The second-order valence-corrected chi connectivity index (χ2v) is 5.95. The number of carbonyl (C=O) groups excluding carboxylic acids is 3. The van der Waals surface area contributed by atoms with Gasteiger partial charge in [-0.2, -0.15) is 0 Å². The summed E-state index contributed by atoms with van der Waals surface area (Å²) in [7, 11) is 1.55. The molecule has 0 fully saturated rings. The number of nitrogens with one attached hydrogen (secondary N) is 2. The molecule has 0 aliphatic carbocycles. The first-order valence-corrected chi connectivity index (χ1v) is 8.10. The van der Waals surface area contributed by atoms with E-state index >= 15 is 0 Å². The third-order valence-corrected chi connectivity index (χ3v) is 4.00. The van der Waals surface area contributed by atoms with Crippen molar-refractivity contribution in [3.05, 3.63) is 46.8 Å². The molecule has 1 amide bonds. The Kier molecular flexibility index (Phi) is 5.82. The van der Waals surface area contributed by atoms with Crippen LogP contribution in [-0.2, 0) is 9.53 Å². The highest BCUT2D eigenvalue weighted by molar-refractivity contribution is 6.02. The Morgan fingerprint density at radius 1 is 1.12 bits per heavy atom. The first kappa shape index (κ1) is 19.2. The topological polar surface area (TPSA) is 97.5 Å². The van der Waals surface area contributed by atoms with Crippen LogP contribution in [0.15, 0.2) is 24.3 Å². The summed E-state index contributed by atoms with van der Waals surface area (Å²) in [4.78, 5) is 39.1. The zero-order valence-electron chi connectivity index (χ0n) is 15.4. The Morgan fingerprint density at radius 3 is 2.23 bits per heavy atom. The molecule has 1 heterocycles. The van der Waals surface area contributed by atoms with Crippen LogP contribution in [0.2, 0.25) is 0 Å². The van der Waals surface area contributed by atoms with Crippen molar-refractivity contribution < 1.29 is 23.9 Å². The van der Waals surface area contributed by atoms with E-state index in [1.165, 1.54) is 13.8 Å².